The largest absolute Gasteiger partial charge is 0.481 e. The van der Waals surface area contributed by atoms with Gasteiger partial charge in [0.1, 0.15) is 5.65 Å². The number of aliphatic carboxylic acids is 1. The van der Waals surface area contributed by atoms with Crippen molar-refractivity contribution in [1.82, 2.24) is 14.3 Å². The van der Waals surface area contributed by atoms with Crippen molar-refractivity contribution in [3.8, 4) is 17.3 Å². The highest BCUT2D eigenvalue weighted by atomic mass is 16.4. The first kappa shape index (κ1) is 26.0. The predicted octanol–water partition coefficient (Wildman–Crippen LogP) is 5.42. The molecule has 0 fully saturated rings. The molecule has 3 rings (SSSR count). The second-order valence-corrected chi connectivity index (χ2v) is 9.79. The van der Waals surface area contributed by atoms with Crippen LogP contribution in [0.25, 0.3) is 16.9 Å². The molecule has 1 aromatic carbocycles. The third-order valence-corrected chi connectivity index (χ3v) is 6.07. The van der Waals surface area contributed by atoms with Gasteiger partial charge in [-0.05, 0) is 48.9 Å². The van der Waals surface area contributed by atoms with Crippen LogP contribution in [0.15, 0.2) is 42.6 Å². The number of nitrogens with zero attached hydrogens (tertiary/aromatic N) is 4. The zero-order valence-electron chi connectivity index (χ0n) is 21.0. The molecule has 2 aromatic heterocycles. The third-order valence-electron chi connectivity index (χ3n) is 6.07. The van der Waals surface area contributed by atoms with E-state index in [2.05, 4.69) is 33.8 Å². The number of pyridine rings is 1. The molecule has 184 valence electrons. The maximum absolute atomic E-state index is 13.5. The van der Waals surface area contributed by atoms with Crippen molar-refractivity contribution in [1.29, 1.82) is 5.26 Å². The van der Waals surface area contributed by atoms with Crippen LogP contribution in [0.3, 0.4) is 0 Å². The van der Waals surface area contributed by atoms with Crippen molar-refractivity contribution in [2.24, 2.45) is 11.8 Å². The number of hydrogen-bond donors (Lipinski definition) is 1. The molecule has 1 N–H and O–H groups in total. The molecular formula is C28H34N4O3. The van der Waals surface area contributed by atoms with Crippen LogP contribution in [-0.4, -0.2) is 44.4 Å². The summed E-state index contributed by atoms with van der Waals surface area (Å²) in [6, 6.07) is 12.8. The number of carboxylic acids is 1. The van der Waals surface area contributed by atoms with Crippen molar-refractivity contribution in [3.63, 3.8) is 0 Å². The predicted molar refractivity (Wildman–Crippen MR) is 136 cm³/mol. The number of rotatable bonds is 11. The molecule has 0 saturated heterocycles. The second-order valence-electron chi connectivity index (χ2n) is 9.79. The van der Waals surface area contributed by atoms with Gasteiger partial charge in [-0.15, -0.1) is 0 Å². The number of imidazole rings is 1. The lowest BCUT2D eigenvalue weighted by Crippen LogP contribution is -2.34. The van der Waals surface area contributed by atoms with E-state index in [0.717, 1.165) is 24.1 Å². The minimum Gasteiger partial charge on any atom is -0.481 e. The number of carbonyl (C=O) groups is 2. The van der Waals surface area contributed by atoms with Gasteiger partial charge in [0.2, 0.25) is 0 Å². The van der Waals surface area contributed by atoms with E-state index in [1.165, 1.54) is 0 Å². The van der Waals surface area contributed by atoms with E-state index in [1.807, 2.05) is 27.5 Å². The lowest BCUT2D eigenvalue weighted by atomic mass is 10.1. The molecule has 0 bridgehead atoms. The number of fused-ring (bicyclic) bond motifs is 1. The Kier molecular flexibility index (Phi) is 8.64. The van der Waals surface area contributed by atoms with Crippen LogP contribution in [0.1, 0.15) is 68.6 Å². The Morgan fingerprint density at radius 2 is 1.66 bits per heavy atom. The number of nitriles is 1. The first-order chi connectivity index (χ1) is 16.7. The van der Waals surface area contributed by atoms with E-state index >= 15 is 0 Å². The number of carboxylic acid groups (broad SMARTS) is 1. The lowest BCUT2D eigenvalue weighted by Gasteiger charge is -2.24. The first-order valence-electron chi connectivity index (χ1n) is 12.2. The van der Waals surface area contributed by atoms with Crippen LogP contribution in [-0.2, 0) is 11.2 Å². The number of aromatic nitrogens is 2. The molecule has 0 aliphatic carbocycles. The molecule has 0 radical (unpaired) electrons. The van der Waals surface area contributed by atoms with Gasteiger partial charge >= 0.3 is 5.97 Å². The van der Waals surface area contributed by atoms with E-state index in [4.69, 9.17) is 10.2 Å². The molecule has 7 heteroatoms. The minimum atomic E-state index is -0.897. The molecule has 3 aromatic rings. The monoisotopic (exact) mass is 474 g/mol. The zero-order chi connectivity index (χ0) is 25.5. The Morgan fingerprint density at radius 3 is 2.20 bits per heavy atom. The molecule has 2 heterocycles. The molecule has 0 saturated carbocycles. The third kappa shape index (κ3) is 6.69. The maximum atomic E-state index is 13.5. The number of benzene rings is 1. The Morgan fingerprint density at radius 1 is 1.03 bits per heavy atom. The van der Waals surface area contributed by atoms with Gasteiger partial charge in [0.15, 0.2) is 0 Å². The van der Waals surface area contributed by atoms with E-state index in [1.54, 1.807) is 24.4 Å². The normalized spacial score (nSPS) is 11.2. The average molecular weight is 475 g/mol. The van der Waals surface area contributed by atoms with Gasteiger partial charge in [-0.1, -0.05) is 39.8 Å². The number of carbonyl (C=O) groups excluding carboxylic acids is 1. The van der Waals surface area contributed by atoms with E-state index in [9.17, 15) is 14.7 Å². The lowest BCUT2D eigenvalue weighted by molar-refractivity contribution is -0.136. The maximum Gasteiger partial charge on any atom is 0.303 e. The van der Waals surface area contributed by atoms with Crippen LogP contribution in [0.5, 0.6) is 0 Å². The summed E-state index contributed by atoms with van der Waals surface area (Å²) in [5.74, 6) is 0.0775. The van der Waals surface area contributed by atoms with Gasteiger partial charge in [-0.3, -0.25) is 9.59 Å². The van der Waals surface area contributed by atoms with Gasteiger partial charge in [-0.25, -0.2) is 4.98 Å². The van der Waals surface area contributed by atoms with E-state index in [0.29, 0.717) is 47.4 Å². The van der Waals surface area contributed by atoms with Crippen molar-refractivity contribution >= 4 is 17.5 Å². The van der Waals surface area contributed by atoms with Gasteiger partial charge in [0.25, 0.3) is 5.91 Å². The Balaban J connectivity index is 2.02. The molecule has 0 spiro atoms. The second kappa shape index (κ2) is 11.7. The van der Waals surface area contributed by atoms with Gasteiger partial charge < -0.3 is 14.4 Å². The summed E-state index contributed by atoms with van der Waals surface area (Å²) >= 11 is 0. The van der Waals surface area contributed by atoms with Crippen LogP contribution in [0, 0.1) is 23.2 Å². The standard InChI is InChI=1S/C28H34N4O3/c1-19(2)13-15-31(16-14-20(3)4)28(35)23-9-11-25-30-27(22-7-5-21(17-29)6-8-22)24(32(25)18-23)10-12-26(33)34/h5-9,11,18-20H,10,12-16H2,1-4H3,(H,33,34). The molecule has 1 amide bonds. The molecule has 7 nitrogen and oxygen atoms in total. The van der Waals surface area contributed by atoms with Gasteiger partial charge in [-0.2, -0.15) is 5.26 Å². The Bertz CT molecular complexity index is 1210. The van der Waals surface area contributed by atoms with Crippen LogP contribution >= 0.6 is 0 Å². The van der Waals surface area contributed by atoms with Crippen molar-refractivity contribution in [3.05, 3.63) is 59.4 Å². The summed E-state index contributed by atoms with van der Waals surface area (Å²) in [4.78, 5) is 31.5. The van der Waals surface area contributed by atoms with Crippen molar-refractivity contribution < 1.29 is 14.7 Å². The fourth-order valence-corrected chi connectivity index (χ4v) is 3.94. The smallest absolute Gasteiger partial charge is 0.303 e. The van der Waals surface area contributed by atoms with Crippen LogP contribution < -0.4 is 0 Å². The summed E-state index contributed by atoms with van der Waals surface area (Å²) < 4.78 is 1.84. The van der Waals surface area contributed by atoms with E-state index < -0.39 is 5.97 Å². The number of amides is 1. The van der Waals surface area contributed by atoms with Gasteiger partial charge in [0, 0.05) is 31.3 Å². The average Bonchev–Trinajstić information content (AvgIpc) is 3.19. The van der Waals surface area contributed by atoms with Crippen molar-refractivity contribution in [2.45, 2.75) is 53.4 Å². The quantitative estimate of drug-likeness (QED) is 0.400. The SMILES string of the molecule is CC(C)CCN(CCC(C)C)C(=O)c1ccc2nc(-c3ccc(C#N)cc3)c(CCC(=O)O)n2c1. The first-order valence-corrected chi connectivity index (χ1v) is 12.2. The zero-order valence-corrected chi connectivity index (χ0v) is 21.0. The summed E-state index contributed by atoms with van der Waals surface area (Å²) in [6.07, 6.45) is 3.87. The Labute approximate surface area is 207 Å². The Hall–Kier alpha value is -3.66. The fraction of sp³-hybridized carbons (Fsp3) is 0.429. The van der Waals surface area contributed by atoms with Crippen LogP contribution in [0.2, 0.25) is 0 Å². The summed E-state index contributed by atoms with van der Waals surface area (Å²) in [5, 5.41) is 18.4. The number of aryl methyl sites for hydroxylation is 1. The molecule has 35 heavy (non-hydrogen) atoms. The summed E-state index contributed by atoms with van der Waals surface area (Å²) in [5.41, 5.74) is 3.95. The molecule has 0 aliphatic heterocycles. The summed E-state index contributed by atoms with van der Waals surface area (Å²) in [7, 11) is 0. The topological polar surface area (TPSA) is 98.7 Å². The highest BCUT2D eigenvalue weighted by Crippen LogP contribution is 2.27. The van der Waals surface area contributed by atoms with E-state index in [-0.39, 0.29) is 18.7 Å². The van der Waals surface area contributed by atoms with Crippen LogP contribution in [0.4, 0.5) is 0 Å². The fourth-order valence-electron chi connectivity index (χ4n) is 3.94. The minimum absolute atomic E-state index is 0.0222. The summed E-state index contributed by atoms with van der Waals surface area (Å²) in [6.45, 7) is 10.0. The molecular weight excluding hydrogens is 440 g/mol. The highest BCUT2D eigenvalue weighted by Gasteiger charge is 2.20. The highest BCUT2D eigenvalue weighted by molar-refractivity contribution is 5.94. The molecule has 0 aliphatic rings. The van der Waals surface area contributed by atoms with Gasteiger partial charge in [0.05, 0.1) is 35.0 Å². The van der Waals surface area contributed by atoms with Crippen molar-refractivity contribution in [2.75, 3.05) is 13.1 Å². The molecule has 0 unspecified atom stereocenters. The number of hydrogen-bond acceptors (Lipinski definition) is 4. The molecule has 0 atom stereocenters.